The van der Waals surface area contributed by atoms with Crippen LogP contribution in [0.15, 0.2) is 21.5 Å². The zero-order valence-corrected chi connectivity index (χ0v) is 15.1. The van der Waals surface area contributed by atoms with E-state index in [9.17, 15) is 4.79 Å². The van der Waals surface area contributed by atoms with Gasteiger partial charge in [-0.2, -0.15) is 0 Å². The Kier molecular flexibility index (Phi) is 5.51. The largest absolute Gasteiger partial charge is 0.493 e. The van der Waals surface area contributed by atoms with Gasteiger partial charge in [0.1, 0.15) is 10.9 Å². The molecule has 0 saturated carbocycles. The first kappa shape index (κ1) is 16.9. The highest BCUT2D eigenvalue weighted by Gasteiger charge is 2.28. The minimum absolute atomic E-state index is 0.113. The van der Waals surface area contributed by atoms with E-state index < -0.39 is 0 Å². The van der Waals surface area contributed by atoms with Gasteiger partial charge in [0.05, 0.1) is 16.5 Å². The van der Waals surface area contributed by atoms with Crippen molar-refractivity contribution in [3.05, 3.63) is 27.1 Å². The molecule has 0 aliphatic carbocycles. The maximum absolute atomic E-state index is 12.0. The molecule has 1 aliphatic heterocycles. The molecular weight excluding hydrogens is 386 g/mol. The lowest BCUT2D eigenvalue weighted by atomic mass is 10.2. The van der Waals surface area contributed by atoms with Gasteiger partial charge >= 0.3 is 0 Å². The molecule has 7 heteroatoms. The van der Waals surface area contributed by atoms with Crippen molar-refractivity contribution in [2.45, 2.75) is 0 Å². The summed E-state index contributed by atoms with van der Waals surface area (Å²) in [5.41, 5.74) is 0.797. The Balaban J connectivity index is 2.38. The Morgan fingerprint density at radius 3 is 2.82 bits per heavy atom. The lowest BCUT2D eigenvalue weighted by molar-refractivity contribution is -0.121. The Hall–Kier alpha value is -1.49. The Morgan fingerprint density at radius 1 is 1.55 bits per heavy atom. The molecule has 0 N–H and O–H groups in total. The number of amides is 1. The number of benzene rings is 1. The summed E-state index contributed by atoms with van der Waals surface area (Å²) in [6, 6.07) is 3.61. The summed E-state index contributed by atoms with van der Waals surface area (Å²) in [6.45, 7) is 0.142. The van der Waals surface area contributed by atoms with Gasteiger partial charge in [-0.1, -0.05) is 29.9 Å². The molecular formula is C15H12BrNO3S2. The molecule has 0 atom stereocenters. The van der Waals surface area contributed by atoms with Crippen molar-refractivity contribution >= 4 is 56.2 Å². The van der Waals surface area contributed by atoms with Gasteiger partial charge in [0.2, 0.25) is 0 Å². The number of nitrogens with zero attached hydrogens (tertiary/aromatic N) is 1. The number of hydrogen-bond acceptors (Lipinski definition) is 5. The number of methoxy groups -OCH3 is 1. The molecule has 4 nitrogen and oxygen atoms in total. The second kappa shape index (κ2) is 7.18. The smallest absolute Gasteiger partial charge is 0.265 e. The average Bonchev–Trinajstić information content (AvgIpc) is 2.73. The summed E-state index contributed by atoms with van der Waals surface area (Å²) >= 11 is 9.81. The summed E-state index contributed by atoms with van der Waals surface area (Å²) < 4.78 is 12.0. The van der Waals surface area contributed by atoms with Gasteiger partial charge in [-0.15, -0.1) is 6.42 Å². The van der Waals surface area contributed by atoms with Crippen molar-refractivity contribution in [1.82, 2.24) is 4.90 Å². The van der Waals surface area contributed by atoms with Crippen LogP contribution in [0.4, 0.5) is 0 Å². The van der Waals surface area contributed by atoms with Gasteiger partial charge in [0.25, 0.3) is 5.91 Å². The number of likely N-dealkylation sites (N-methyl/N-ethyl adjacent to an activating group) is 1. The second-order valence-corrected chi connectivity index (χ2v) is 6.80. The first-order valence-electron chi connectivity index (χ1n) is 6.13. The van der Waals surface area contributed by atoms with Gasteiger partial charge in [-0.05, 0) is 39.7 Å². The molecule has 22 heavy (non-hydrogen) atoms. The monoisotopic (exact) mass is 397 g/mol. The van der Waals surface area contributed by atoms with Gasteiger partial charge in [0, 0.05) is 7.05 Å². The molecule has 0 unspecified atom stereocenters. The van der Waals surface area contributed by atoms with Crippen LogP contribution in [0.1, 0.15) is 5.56 Å². The molecule has 1 saturated heterocycles. The maximum atomic E-state index is 12.0. The van der Waals surface area contributed by atoms with Crippen molar-refractivity contribution in [2.75, 3.05) is 20.8 Å². The van der Waals surface area contributed by atoms with E-state index in [0.29, 0.717) is 25.2 Å². The number of thioether (sulfide) groups is 1. The number of thiocarbonyl (C=S) groups is 1. The minimum Gasteiger partial charge on any atom is -0.493 e. The van der Waals surface area contributed by atoms with Gasteiger partial charge < -0.3 is 9.47 Å². The van der Waals surface area contributed by atoms with Gasteiger partial charge in [-0.3, -0.25) is 9.69 Å². The summed E-state index contributed by atoms with van der Waals surface area (Å²) in [6.07, 6.45) is 6.97. The van der Waals surface area contributed by atoms with E-state index in [1.807, 2.05) is 6.07 Å². The lowest BCUT2D eigenvalue weighted by Gasteiger charge is -2.12. The third-order valence-corrected chi connectivity index (χ3v) is 4.91. The molecule has 0 spiro atoms. The summed E-state index contributed by atoms with van der Waals surface area (Å²) in [4.78, 5) is 14.0. The Bertz CT molecular complexity index is 709. The molecule has 1 aromatic rings. The van der Waals surface area contributed by atoms with Crippen LogP contribution in [0.25, 0.3) is 6.08 Å². The minimum atomic E-state index is -0.113. The molecule has 0 bridgehead atoms. The number of carbonyl (C=O) groups excluding carboxylic acids is 1. The van der Waals surface area contributed by atoms with E-state index in [2.05, 4.69) is 21.9 Å². The highest BCUT2D eigenvalue weighted by atomic mass is 79.9. The number of carbonyl (C=O) groups is 1. The molecule has 2 rings (SSSR count). The Labute approximate surface area is 147 Å². The standard InChI is InChI=1S/C15H12BrNO3S2/c1-4-5-20-13-10(16)6-9(7-11(13)19-3)8-12-14(18)17(2)15(21)22-12/h1,6-8H,5H2,2-3H3/b12-8+. The normalized spacial score (nSPS) is 16.1. The molecule has 1 aliphatic rings. The van der Waals surface area contributed by atoms with E-state index in [4.69, 9.17) is 28.1 Å². The lowest BCUT2D eigenvalue weighted by Crippen LogP contribution is -2.22. The predicted octanol–water partition coefficient (Wildman–Crippen LogP) is 3.30. The first-order chi connectivity index (χ1) is 10.5. The topological polar surface area (TPSA) is 38.8 Å². The molecule has 1 aromatic carbocycles. The second-order valence-electron chi connectivity index (χ2n) is 4.27. The van der Waals surface area contributed by atoms with Gasteiger partial charge in [-0.25, -0.2) is 0 Å². The van der Waals surface area contributed by atoms with Crippen LogP contribution in [-0.2, 0) is 4.79 Å². The molecule has 114 valence electrons. The van der Waals surface area contributed by atoms with E-state index >= 15 is 0 Å². The fraction of sp³-hybridized carbons (Fsp3) is 0.200. The zero-order chi connectivity index (χ0) is 16.3. The van der Waals surface area contributed by atoms with Crippen molar-refractivity contribution < 1.29 is 14.3 Å². The van der Waals surface area contributed by atoms with Gasteiger partial charge in [0.15, 0.2) is 11.5 Å². The quantitative estimate of drug-likeness (QED) is 0.442. The first-order valence-corrected chi connectivity index (χ1v) is 8.15. The summed E-state index contributed by atoms with van der Waals surface area (Å²) in [7, 11) is 3.20. The number of terminal acetylenes is 1. The molecule has 0 radical (unpaired) electrons. The van der Waals surface area contributed by atoms with Crippen LogP contribution >= 0.6 is 39.9 Å². The highest BCUT2D eigenvalue weighted by molar-refractivity contribution is 9.10. The number of rotatable bonds is 4. The van der Waals surface area contributed by atoms with Crippen LogP contribution in [0.2, 0.25) is 0 Å². The van der Waals surface area contributed by atoms with Crippen molar-refractivity contribution in [1.29, 1.82) is 0 Å². The van der Waals surface area contributed by atoms with Crippen LogP contribution in [-0.4, -0.2) is 35.9 Å². The Morgan fingerprint density at radius 2 is 2.27 bits per heavy atom. The fourth-order valence-electron chi connectivity index (χ4n) is 1.77. The van der Waals surface area contributed by atoms with Crippen molar-refractivity contribution in [2.24, 2.45) is 0 Å². The van der Waals surface area contributed by atoms with Crippen LogP contribution in [0.5, 0.6) is 11.5 Å². The summed E-state index contributed by atoms with van der Waals surface area (Å²) in [5.74, 6) is 3.35. The predicted molar refractivity (Wildman–Crippen MR) is 96.0 cm³/mol. The molecule has 1 fully saturated rings. The maximum Gasteiger partial charge on any atom is 0.265 e. The summed E-state index contributed by atoms with van der Waals surface area (Å²) in [5, 5.41) is 0. The van der Waals surface area contributed by atoms with Crippen LogP contribution < -0.4 is 9.47 Å². The number of halogens is 1. The SMILES string of the molecule is C#CCOc1c(Br)cc(/C=C2/SC(=S)N(C)C2=O)cc1OC. The molecule has 1 amide bonds. The average molecular weight is 398 g/mol. The van der Waals surface area contributed by atoms with Crippen molar-refractivity contribution in [3.63, 3.8) is 0 Å². The van der Waals surface area contributed by atoms with Crippen LogP contribution in [0, 0.1) is 12.3 Å². The van der Waals surface area contributed by atoms with Crippen molar-refractivity contribution in [3.8, 4) is 23.8 Å². The van der Waals surface area contributed by atoms with Crippen LogP contribution in [0.3, 0.4) is 0 Å². The van der Waals surface area contributed by atoms with E-state index in [0.717, 1.165) is 5.56 Å². The number of hydrogen-bond donors (Lipinski definition) is 0. The van der Waals surface area contributed by atoms with E-state index in [1.165, 1.54) is 16.7 Å². The fourth-order valence-corrected chi connectivity index (χ4v) is 3.53. The third-order valence-electron chi connectivity index (χ3n) is 2.84. The van der Waals surface area contributed by atoms with E-state index in [-0.39, 0.29) is 12.5 Å². The third kappa shape index (κ3) is 3.46. The molecule has 0 aromatic heterocycles. The highest BCUT2D eigenvalue weighted by Crippen LogP contribution is 2.38. The zero-order valence-electron chi connectivity index (χ0n) is 11.9. The van der Waals surface area contributed by atoms with E-state index in [1.54, 1.807) is 26.3 Å². The molecule has 1 heterocycles. The number of ether oxygens (including phenoxy) is 2.